The van der Waals surface area contributed by atoms with Gasteiger partial charge in [-0.1, -0.05) is 13.0 Å². The third-order valence-electron chi connectivity index (χ3n) is 7.65. The molecule has 4 amide bonds. The van der Waals surface area contributed by atoms with E-state index in [0.717, 1.165) is 12.0 Å². The number of aromatic nitrogens is 3. The lowest BCUT2D eigenvalue weighted by molar-refractivity contribution is 0.0943. The molecule has 0 saturated carbocycles. The zero-order chi connectivity index (χ0) is 36.5. The molecule has 0 aliphatic rings. The van der Waals surface area contributed by atoms with Gasteiger partial charge in [0.15, 0.2) is 5.96 Å². The molecule has 51 heavy (non-hydrogen) atoms. The van der Waals surface area contributed by atoms with Crippen LogP contribution >= 0.6 is 24.0 Å². The molecule has 0 fully saturated rings. The molecule has 0 unspecified atom stereocenters. The fourth-order valence-electron chi connectivity index (χ4n) is 5.18. The van der Waals surface area contributed by atoms with Gasteiger partial charge in [-0.05, 0) is 42.3 Å². The van der Waals surface area contributed by atoms with Crippen LogP contribution in [0.1, 0.15) is 54.3 Å². The third-order valence-corrected chi connectivity index (χ3v) is 7.84. The van der Waals surface area contributed by atoms with Gasteiger partial charge in [0.05, 0.1) is 30.7 Å². The second-order valence-corrected chi connectivity index (χ2v) is 11.6. The first-order valence-corrected chi connectivity index (χ1v) is 16.2. The molecule has 0 aliphatic carbocycles. The van der Waals surface area contributed by atoms with Crippen molar-refractivity contribution in [1.29, 1.82) is 0 Å². The van der Waals surface area contributed by atoms with E-state index in [1.165, 1.54) is 11.1 Å². The molecule has 0 bridgehead atoms. The molecule has 0 spiro atoms. The van der Waals surface area contributed by atoms with E-state index in [2.05, 4.69) is 26.4 Å². The van der Waals surface area contributed by atoms with Crippen molar-refractivity contribution in [3.63, 3.8) is 0 Å². The number of guanidine groups is 1. The van der Waals surface area contributed by atoms with Gasteiger partial charge in [0.2, 0.25) is 0 Å². The van der Waals surface area contributed by atoms with Crippen LogP contribution in [0.15, 0.2) is 60.0 Å². The number of nitrogens with two attached hydrogens (primary N) is 2. The van der Waals surface area contributed by atoms with Crippen molar-refractivity contribution in [2.24, 2.45) is 37.6 Å². The molecule has 0 aliphatic heterocycles. The van der Waals surface area contributed by atoms with Crippen LogP contribution < -0.4 is 42.6 Å². The Labute approximate surface area is 306 Å². The average molecular weight is 745 g/mol. The Bertz CT molecular complexity index is 1910. The van der Waals surface area contributed by atoms with Gasteiger partial charge in [0, 0.05) is 64.3 Å². The Hall–Kier alpha value is -5.45. The summed E-state index contributed by atoms with van der Waals surface area (Å²) < 4.78 is 10.2. The molecule has 18 heteroatoms. The second kappa shape index (κ2) is 18.0. The topological polar surface area (TPSA) is 208 Å². The van der Waals surface area contributed by atoms with Crippen molar-refractivity contribution in [3.05, 3.63) is 83.2 Å². The van der Waals surface area contributed by atoms with Crippen molar-refractivity contribution in [2.45, 2.75) is 13.3 Å². The largest absolute Gasteiger partial charge is 0.496 e. The van der Waals surface area contributed by atoms with Gasteiger partial charge in [-0.2, -0.15) is 0 Å². The summed E-state index contributed by atoms with van der Waals surface area (Å²) >= 11 is 5.93. The summed E-state index contributed by atoms with van der Waals surface area (Å²) in [5, 5.41) is 9.65. The summed E-state index contributed by atoms with van der Waals surface area (Å²) in [4.78, 5) is 56.7. The fourth-order valence-corrected chi connectivity index (χ4v) is 5.27. The number of rotatable bonds is 15. The van der Waals surface area contributed by atoms with Crippen LogP contribution in [-0.4, -0.2) is 75.9 Å². The minimum absolute atomic E-state index is 0. The minimum atomic E-state index is -0.464. The predicted octanol–water partition coefficient (Wildman–Crippen LogP) is 2.59. The van der Waals surface area contributed by atoms with E-state index < -0.39 is 11.8 Å². The number of ether oxygens (including phenoxy) is 1. The summed E-state index contributed by atoms with van der Waals surface area (Å²) in [5.74, 6) is -0.859. The van der Waals surface area contributed by atoms with Gasteiger partial charge in [-0.25, -0.2) is 10.4 Å². The molecule has 4 aromatic rings. The fraction of sp³-hybridized carbons (Fsp3) is 0.303. The maximum absolute atomic E-state index is 13.6. The number of hydrogen-bond acceptors (Lipinski definition) is 7. The standard InChI is InChI=1S/C33H42ClN11O5.ClH/c1-6-20-7-8-21(13-28(20)50-5)32(49)45(39-10-9-34)24-16-27(44(4)19-24)31(48)41-23-15-26(43(3)18-23)30(47)40-22-14-25(42(2)17-22)29(46)37-11-12-38-33(35)36;/h7-8,13-19,39H,6,9-12H2,1-5H3,(H,37,46)(H,40,47)(H,41,48)(H4,35,36,38);1H. The molecule has 1 aromatic carbocycles. The zero-order valence-corrected chi connectivity index (χ0v) is 30.5. The lowest BCUT2D eigenvalue weighted by atomic mass is 10.1. The van der Waals surface area contributed by atoms with Crippen LogP contribution in [-0.2, 0) is 27.6 Å². The van der Waals surface area contributed by atoms with Gasteiger partial charge in [-0.15, -0.1) is 24.0 Å². The first-order chi connectivity index (χ1) is 23.9. The number of benzene rings is 1. The number of nitrogens with one attached hydrogen (secondary N) is 4. The Morgan fingerprint density at radius 2 is 1.41 bits per heavy atom. The lowest BCUT2D eigenvalue weighted by Gasteiger charge is -2.22. The molecule has 8 N–H and O–H groups in total. The number of carbonyl (C=O) groups excluding carboxylic acids is 4. The van der Waals surface area contributed by atoms with E-state index >= 15 is 0 Å². The van der Waals surface area contributed by atoms with Crippen molar-refractivity contribution < 1.29 is 23.9 Å². The quantitative estimate of drug-likeness (QED) is 0.0350. The molecule has 0 atom stereocenters. The van der Waals surface area contributed by atoms with Crippen LogP contribution in [0.5, 0.6) is 5.75 Å². The van der Waals surface area contributed by atoms with Gasteiger partial charge in [-0.3, -0.25) is 24.2 Å². The summed E-state index contributed by atoms with van der Waals surface area (Å²) in [5.41, 5.74) is 17.0. The van der Waals surface area contributed by atoms with Gasteiger partial charge >= 0.3 is 0 Å². The van der Waals surface area contributed by atoms with Crippen LogP contribution in [0.25, 0.3) is 0 Å². The van der Waals surface area contributed by atoms with Crippen molar-refractivity contribution >= 4 is 70.7 Å². The SMILES string of the molecule is CCc1ccc(C(=O)N(NCCCl)c2cc(C(=O)Nc3cc(C(=O)Nc4cc(C(=O)NCCN=C(N)N)n(C)c4)n(C)c3)n(C)c2)cc1OC.Cl. The number of nitrogens with zero attached hydrogens (tertiary/aromatic N) is 5. The average Bonchev–Trinajstić information content (AvgIpc) is 3.77. The van der Waals surface area contributed by atoms with E-state index in [1.807, 2.05) is 13.0 Å². The molecule has 274 valence electrons. The summed E-state index contributed by atoms with van der Waals surface area (Å²) in [7, 11) is 6.58. The second-order valence-electron chi connectivity index (χ2n) is 11.2. The summed E-state index contributed by atoms with van der Waals surface area (Å²) in [6, 6.07) is 9.91. The highest BCUT2D eigenvalue weighted by molar-refractivity contribution is 6.18. The molecular weight excluding hydrogens is 701 g/mol. The number of aliphatic imine (C=N–C) groups is 1. The third kappa shape index (κ3) is 9.84. The number of methoxy groups -OCH3 is 1. The summed E-state index contributed by atoms with van der Waals surface area (Å²) in [6.45, 7) is 2.76. The molecular formula is C33H43Cl2N11O5. The van der Waals surface area contributed by atoms with Crippen molar-refractivity contribution in [2.75, 3.05) is 48.3 Å². The van der Waals surface area contributed by atoms with Gasteiger partial charge < -0.3 is 45.9 Å². The predicted molar refractivity (Wildman–Crippen MR) is 200 cm³/mol. The smallest absolute Gasteiger partial charge is 0.272 e. The van der Waals surface area contributed by atoms with E-state index in [-0.39, 0.29) is 60.5 Å². The Morgan fingerprint density at radius 1 is 0.843 bits per heavy atom. The normalized spacial score (nSPS) is 10.5. The molecule has 4 rings (SSSR count). The minimum Gasteiger partial charge on any atom is -0.496 e. The number of aryl methyl sites for hydroxylation is 4. The highest BCUT2D eigenvalue weighted by atomic mass is 35.5. The molecule has 3 heterocycles. The maximum Gasteiger partial charge on any atom is 0.272 e. The van der Waals surface area contributed by atoms with Gasteiger partial charge in [0.25, 0.3) is 23.6 Å². The number of halogens is 2. The number of alkyl halides is 1. The first-order valence-electron chi connectivity index (χ1n) is 15.6. The zero-order valence-electron chi connectivity index (χ0n) is 28.9. The van der Waals surface area contributed by atoms with Crippen molar-refractivity contribution in [1.82, 2.24) is 24.4 Å². The number of hydrogen-bond donors (Lipinski definition) is 6. The molecule has 0 saturated heterocycles. The van der Waals surface area contributed by atoms with Crippen LogP contribution in [0.2, 0.25) is 0 Å². The molecule has 16 nitrogen and oxygen atoms in total. The van der Waals surface area contributed by atoms with E-state index in [0.29, 0.717) is 40.6 Å². The highest BCUT2D eigenvalue weighted by Gasteiger charge is 2.24. The lowest BCUT2D eigenvalue weighted by Crippen LogP contribution is -2.44. The Kier molecular flexibility index (Phi) is 14.1. The maximum atomic E-state index is 13.6. The highest BCUT2D eigenvalue weighted by Crippen LogP contribution is 2.25. The van der Waals surface area contributed by atoms with E-state index in [1.54, 1.807) is 84.8 Å². The van der Waals surface area contributed by atoms with Crippen LogP contribution in [0.4, 0.5) is 17.1 Å². The molecule has 3 aromatic heterocycles. The van der Waals surface area contributed by atoms with E-state index in [4.69, 9.17) is 27.8 Å². The van der Waals surface area contributed by atoms with Crippen LogP contribution in [0.3, 0.4) is 0 Å². The summed E-state index contributed by atoms with van der Waals surface area (Å²) in [6.07, 6.45) is 5.60. The van der Waals surface area contributed by atoms with Crippen LogP contribution in [0, 0.1) is 0 Å². The Balaban J connectivity index is 0.00000702. The number of carbonyl (C=O) groups is 4. The molecule has 0 radical (unpaired) electrons. The van der Waals surface area contributed by atoms with Crippen molar-refractivity contribution in [3.8, 4) is 5.75 Å². The number of anilines is 3. The van der Waals surface area contributed by atoms with E-state index in [9.17, 15) is 19.2 Å². The monoisotopic (exact) mass is 743 g/mol. The number of hydrazine groups is 1. The first kappa shape index (κ1) is 40.0. The Morgan fingerprint density at radius 3 is 1.96 bits per heavy atom. The van der Waals surface area contributed by atoms with Gasteiger partial charge in [0.1, 0.15) is 22.8 Å². The number of amides is 4.